The number of benzene rings is 2. The van der Waals surface area contributed by atoms with Gasteiger partial charge in [-0.05, 0) is 72.5 Å². The van der Waals surface area contributed by atoms with Crippen molar-refractivity contribution in [3.05, 3.63) is 125 Å². The van der Waals surface area contributed by atoms with Gasteiger partial charge in [0.05, 0.1) is 11.1 Å². The Bertz CT molecular complexity index is 2150. The minimum atomic E-state index is -1.07. The van der Waals surface area contributed by atoms with Crippen LogP contribution in [0.15, 0.2) is 48.6 Å². The number of carbonyl (C=O) groups is 4. The van der Waals surface area contributed by atoms with E-state index in [0.29, 0.717) is 21.9 Å². The van der Waals surface area contributed by atoms with Crippen LogP contribution >= 0.6 is 22.7 Å². The molecule has 4 aromatic rings. The molecule has 0 spiro atoms. The smallest absolute Gasteiger partial charge is 0.237 e. The van der Waals surface area contributed by atoms with Gasteiger partial charge in [0.25, 0.3) is 0 Å². The summed E-state index contributed by atoms with van der Waals surface area (Å²) < 4.78 is 56.9. The van der Waals surface area contributed by atoms with Gasteiger partial charge in [0.1, 0.15) is 23.3 Å². The molecule has 0 saturated carbocycles. The number of thiophene rings is 2. The van der Waals surface area contributed by atoms with Crippen molar-refractivity contribution in [3.63, 3.8) is 0 Å². The lowest BCUT2D eigenvalue weighted by Crippen LogP contribution is -2.15. The number of allylic oxidation sites excluding steroid dienone is 6. The third-order valence-corrected chi connectivity index (χ3v) is 11.2. The number of hydrogen-bond acceptors (Lipinski definition) is 6. The first kappa shape index (κ1) is 28.7. The molecular formula is C36H18F4O4S2. The lowest BCUT2D eigenvalue weighted by atomic mass is 9.75. The highest BCUT2D eigenvalue weighted by molar-refractivity contribution is 7.14. The summed E-state index contributed by atoms with van der Waals surface area (Å²) in [4.78, 5) is 54.0. The molecule has 0 radical (unpaired) electrons. The van der Waals surface area contributed by atoms with Crippen LogP contribution in [0.1, 0.15) is 88.2 Å². The highest BCUT2D eigenvalue weighted by Gasteiger charge is 2.40. The molecule has 46 heavy (non-hydrogen) atoms. The zero-order valence-corrected chi connectivity index (χ0v) is 25.5. The predicted molar refractivity (Wildman–Crippen MR) is 169 cm³/mol. The van der Waals surface area contributed by atoms with Crippen molar-refractivity contribution in [2.45, 2.75) is 25.7 Å². The fraction of sp³-hybridized carbons (Fsp3) is 0.111. The normalized spacial score (nSPS) is 21.3. The first-order chi connectivity index (χ1) is 21.9. The summed E-state index contributed by atoms with van der Waals surface area (Å²) >= 11 is 2.86. The van der Waals surface area contributed by atoms with E-state index in [2.05, 4.69) is 12.2 Å². The van der Waals surface area contributed by atoms with Crippen LogP contribution in [0.4, 0.5) is 17.6 Å². The van der Waals surface area contributed by atoms with Gasteiger partial charge in [-0.3, -0.25) is 19.2 Å². The van der Waals surface area contributed by atoms with Gasteiger partial charge in [0.15, 0.2) is 0 Å². The van der Waals surface area contributed by atoms with E-state index in [1.807, 2.05) is 26.0 Å². The Morgan fingerprint density at radius 1 is 0.543 bits per heavy atom. The summed E-state index contributed by atoms with van der Waals surface area (Å²) in [5.74, 6) is -7.83. The van der Waals surface area contributed by atoms with E-state index in [4.69, 9.17) is 0 Å². The summed E-state index contributed by atoms with van der Waals surface area (Å²) in [6.45, 7) is 3.93. The largest absolute Gasteiger partial charge is 0.285 e. The fourth-order valence-corrected chi connectivity index (χ4v) is 9.40. The topological polar surface area (TPSA) is 68.3 Å². The van der Waals surface area contributed by atoms with Crippen LogP contribution in [0.5, 0.6) is 0 Å². The quantitative estimate of drug-likeness (QED) is 0.123. The van der Waals surface area contributed by atoms with Crippen LogP contribution in [-0.2, 0) is 9.59 Å². The molecule has 2 unspecified atom stereocenters. The lowest BCUT2D eigenvalue weighted by molar-refractivity contribution is -0.110. The molecule has 10 heteroatoms. The zero-order chi connectivity index (χ0) is 32.3. The van der Waals surface area contributed by atoms with Gasteiger partial charge in [0, 0.05) is 65.8 Å². The molecular weight excluding hydrogens is 637 g/mol. The summed E-state index contributed by atoms with van der Waals surface area (Å²) in [6, 6.07) is 6.99. The minimum absolute atomic E-state index is 0.0509. The van der Waals surface area contributed by atoms with Crippen molar-refractivity contribution < 1.29 is 36.7 Å². The molecule has 4 aliphatic carbocycles. The van der Waals surface area contributed by atoms with Crippen molar-refractivity contribution in [3.8, 4) is 0 Å². The maximum atomic E-state index is 14.4. The molecule has 0 N–H and O–H groups in total. The molecule has 2 atom stereocenters. The molecule has 0 bridgehead atoms. The second-order valence-corrected chi connectivity index (χ2v) is 13.9. The first-order valence-corrected chi connectivity index (χ1v) is 15.8. The van der Waals surface area contributed by atoms with Crippen molar-refractivity contribution >= 4 is 80.3 Å². The molecule has 2 heterocycles. The van der Waals surface area contributed by atoms with Gasteiger partial charge in [0.2, 0.25) is 23.1 Å². The molecule has 0 saturated heterocycles. The number of carbonyl (C=O) groups excluding carboxylic acids is 4. The number of fused-ring (bicyclic) bond motifs is 7. The molecule has 2 aromatic heterocycles. The zero-order valence-electron chi connectivity index (χ0n) is 23.9. The molecule has 0 fully saturated rings. The number of hydrogen-bond donors (Lipinski definition) is 0. The SMILES string of the molecule is CC1=CC2c3sc(/C=C4\C(=O)C(=O)c5c(F)cc(F)cc54)cc3C(C)=CC2c2sc(/C=C3\C(=O)C(=O)c4c(F)cc(F)cc43)cc21. The number of halogens is 4. The maximum absolute atomic E-state index is 14.4. The van der Waals surface area contributed by atoms with E-state index in [0.717, 1.165) is 44.2 Å². The van der Waals surface area contributed by atoms with E-state index in [1.165, 1.54) is 34.8 Å². The lowest BCUT2D eigenvalue weighted by Gasteiger charge is -2.31. The molecule has 8 rings (SSSR count). The van der Waals surface area contributed by atoms with E-state index >= 15 is 0 Å². The Morgan fingerprint density at radius 2 is 0.935 bits per heavy atom. The Hall–Kier alpha value is -4.80. The van der Waals surface area contributed by atoms with Gasteiger partial charge in [-0.1, -0.05) is 12.2 Å². The van der Waals surface area contributed by atoms with Crippen LogP contribution < -0.4 is 0 Å². The number of Topliss-reactive ketones (excluding diaryl/α,β-unsaturated/α-hetero) is 4. The standard InChI is InChI=1S/C36H18F4O4S2/c1-13-3-25-26(35-19(13)9-17(45-35)11-23-21-5-15(37)7-27(39)29(21)33(43)31(23)41)4-14(2)20-10-18(46-36(20)25)12-24-22-6-16(38)8-28(40)30(22)34(44)32(24)42/h3-12,25-26H,1-2H3/b23-11-,24-12-. The molecule has 0 amide bonds. The molecule has 226 valence electrons. The van der Waals surface area contributed by atoms with Gasteiger partial charge < -0.3 is 0 Å². The van der Waals surface area contributed by atoms with Crippen LogP contribution in [-0.4, -0.2) is 23.1 Å². The van der Waals surface area contributed by atoms with Crippen LogP contribution in [0, 0.1) is 23.3 Å². The van der Waals surface area contributed by atoms with E-state index in [9.17, 15) is 36.7 Å². The maximum Gasteiger partial charge on any atom is 0.237 e. The molecule has 0 aliphatic heterocycles. The van der Waals surface area contributed by atoms with Crippen molar-refractivity contribution in [2.24, 2.45) is 0 Å². The van der Waals surface area contributed by atoms with E-state index < -0.39 is 57.5 Å². The number of rotatable bonds is 2. The van der Waals surface area contributed by atoms with Crippen LogP contribution in [0.2, 0.25) is 0 Å². The van der Waals surface area contributed by atoms with Gasteiger partial charge in [-0.25, -0.2) is 17.6 Å². The molecule has 2 aromatic carbocycles. The van der Waals surface area contributed by atoms with E-state index in [-0.39, 0.29) is 34.1 Å². The van der Waals surface area contributed by atoms with Crippen molar-refractivity contribution in [2.75, 3.05) is 0 Å². The third kappa shape index (κ3) is 4.03. The van der Waals surface area contributed by atoms with Gasteiger partial charge in [-0.2, -0.15) is 0 Å². The Kier molecular flexibility index (Phi) is 6.14. The Morgan fingerprint density at radius 3 is 1.33 bits per heavy atom. The summed E-state index contributed by atoms with van der Waals surface area (Å²) in [5, 5.41) is 0. The van der Waals surface area contributed by atoms with E-state index in [1.54, 1.807) is 0 Å². The predicted octanol–water partition coefficient (Wildman–Crippen LogP) is 8.68. The molecule has 4 nitrogen and oxygen atoms in total. The average molecular weight is 655 g/mol. The second-order valence-electron chi connectivity index (χ2n) is 11.7. The summed E-state index contributed by atoms with van der Waals surface area (Å²) in [7, 11) is 0. The van der Waals surface area contributed by atoms with Crippen molar-refractivity contribution in [1.29, 1.82) is 0 Å². The van der Waals surface area contributed by atoms with Crippen LogP contribution in [0.3, 0.4) is 0 Å². The third-order valence-electron chi connectivity index (χ3n) is 8.88. The average Bonchev–Trinajstić information content (AvgIpc) is 3.72. The highest BCUT2D eigenvalue weighted by atomic mass is 32.1. The van der Waals surface area contributed by atoms with Crippen LogP contribution in [0.25, 0.3) is 34.4 Å². The highest BCUT2D eigenvalue weighted by Crippen LogP contribution is 2.54. The second kappa shape index (κ2) is 9.85. The van der Waals surface area contributed by atoms with Gasteiger partial charge >= 0.3 is 0 Å². The monoisotopic (exact) mass is 654 g/mol. The van der Waals surface area contributed by atoms with Gasteiger partial charge in [-0.15, -0.1) is 22.7 Å². The number of ketones is 4. The first-order valence-electron chi connectivity index (χ1n) is 14.2. The summed E-state index contributed by atoms with van der Waals surface area (Å²) in [6.07, 6.45) is 7.31. The minimum Gasteiger partial charge on any atom is -0.285 e. The Labute approximate surface area is 266 Å². The molecule has 4 aliphatic rings. The fourth-order valence-electron chi connectivity index (χ4n) is 6.83. The van der Waals surface area contributed by atoms with Crippen molar-refractivity contribution in [1.82, 2.24) is 0 Å². The summed E-state index contributed by atoms with van der Waals surface area (Å²) in [5.41, 5.74) is 2.83. The Balaban J connectivity index is 1.18.